The molecule has 0 aliphatic heterocycles. The summed E-state index contributed by atoms with van der Waals surface area (Å²) in [6, 6.07) is 14.8. The van der Waals surface area contributed by atoms with E-state index in [-0.39, 0.29) is 30.4 Å². The van der Waals surface area contributed by atoms with Gasteiger partial charge in [0.2, 0.25) is 5.91 Å². The Bertz CT molecular complexity index is 805. The summed E-state index contributed by atoms with van der Waals surface area (Å²) in [5.41, 5.74) is 2.01. The summed E-state index contributed by atoms with van der Waals surface area (Å²) >= 11 is 6.00. The SMILES string of the molecule is C[C@@H](NCC(=O)Nc1ccccc1C(=O)NC1CC1)c1cccc(Cl)c1. The third-order valence-electron chi connectivity index (χ3n) is 4.28. The Kier molecular flexibility index (Phi) is 5.91. The van der Waals surface area contributed by atoms with Crippen molar-refractivity contribution in [3.05, 3.63) is 64.7 Å². The Morgan fingerprint density at radius 1 is 1.15 bits per heavy atom. The molecular formula is C20H22ClN3O2. The zero-order valence-corrected chi connectivity index (χ0v) is 15.3. The van der Waals surface area contributed by atoms with Crippen molar-refractivity contribution >= 4 is 29.1 Å². The van der Waals surface area contributed by atoms with E-state index in [1.165, 1.54) is 0 Å². The van der Waals surface area contributed by atoms with Crippen LogP contribution in [0.2, 0.25) is 5.02 Å². The molecule has 1 saturated carbocycles. The maximum atomic E-state index is 12.3. The van der Waals surface area contributed by atoms with Crippen LogP contribution in [-0.2, 0) is 4.79 Å². The fraction of sp³-hybridized carbons (Fsp3) is 0.300. The minimum absolute atomic E-state index is 0.0205. The van der Waals surface area contributed by atoms with Gasteiger partial charge in [-0.15, -0.1) is 0 Å². The summed E-state index contributed by atoms with van der Waals surface area (Å²) < 4.78 is 0. The molecule has 0 aromatic heterocycles. The summed E-state index contributed by atoms with van der Waals surface area (Å²) in [7, 11) is 0. The number of rotatable bonds is 7. The van der Waals surface area contributed by atoms with Crippen LogP contribution >= 0.6 is 11.6 Å². The molecule has 2 aromatic rings. The van der Waals surface area contributed by atoms with Gasteiger partial charge in [0.05, 0.1) is 17.8 Å². The molecule has 0 saturated heterocycles. The van der Waals surface area contributed by atoms with E-state index in [2.05, 4.69) is 16.0 Å². The van der Waals surface area contributed by atoms with Crippen LogP contribution in [0.15, 0.2) is 48.5 Å². The van der Waals surface area contributed by atoms with Crippen LogP contribution in [0.4, 0.5) is 5.69 Å². The van der Waals surface area contributed by atoms with Crippen molar-refractivity contribution in [2.24, 2.45) is 0 Å². The summed E-state index contributed by atoms with van der Waals surface area (Å²) in [4.78, 5) is 24.6. The van der Waals surface area contributed by atoms with Crippen LogP contribution < -0.4 is 16.0 Å². The number of benzene rings is 2. The molecule has 26 heavy (non-hydrogen) atoms. The highest BCUT2D eigenvalue weighted by molar-refractivity contribution is 6.30. The van der Waals surface area contributed by atoms with Gasteiger partial charge in [-0.2, -0.15) is 0 Å². The molecule has 1 fully saturated rings. The van der Waals surface area contributed by atoms with Gasteiger partial charge in [0.1, 0.15) is 0 Å². The number of para-hydroxylation sites is 1. The van der Waals surface area contributed by atoms with Crippen molar-refractivity contribution in [2.45, 2.75) is 31.8 Å². The van der Waals surface area contributed by atoms with Gasteiger partial charge in [0.15, 0.2) is 0 Å². The minimum atomic E-state index is -0.203. The lowest BCUT2D eigenvalue weighted by molar-refractivity contribution is -0.115. The number of amides is 2. The number of hydrogen-bond donors (Lipinski definition) is 3. The lowest BCUT2D eigenvalue weighted by atomic mass is 10.1. The normalized spacial score (nSPS) is 14.5. The monoisotopic (exact) mass is 371 g/mol. The molecular weight excluding hydrogens is 350 g/mol. The molecule has 2 amide bonds. The highest BCUT2D eigenvalue weighted by atomic mass is 35.5. The van der Waals surface area contributed by atoms with E-state index in [0.717, 1.165) is 18.4 Å². The molecule has 0 spiro atoms. The number of nitrogens with one attached hydrogen (secondary N) is 3. The maximum absolute atomic E-state index is 12.3. The van der Waals surface area contributed by atoms with Crippen LogP contribution in [0.5, 0.6) is 0 Å². The van der Waals surface area contributed by atoms with Gasteiger partial charge in [0, 0.05) is 17.1 Å². The first kappa shape index (κ1) is 18.4. The molecule has 1 aliphatic carbocycles. The van der Waals surface area contributed by atoms with Crippen LogP contribution in [0.3, 0.4) is 0 Å². The van der Waals surface area contributed by atoms with Crippen molar-refractivity contribution in [1.82, 2.24) is 10.6 Å². The van der Waals surface area contributed by atoms with E-state index < -0.39 is 0 Å². The summed E-state index contributed by atoms with van der Waals surface area (Å²) in [5.74, 6) is -0.353. The first-order valence-electron chi connectivity index (χ1n) is 8.71. The lowest BCUT2D eigenvalue weighted by Gasteiger charge is -2.15. The minimum Gasteiger partial charge on any atom is -0.349 e. The van der Waals surface area contributed by atoms with Gasteiger partial charge in [-0.3, -0.25) is 9.59 Å². The third-order valence-corrected chi connectivity index (χ3v) is 4.51. The highest BCUT2D eigenvalue weighted by Crippen LogP contribution is 2.21. The second kappa shape index (κ2) is 8.34. The molecule has 1 aliphatic rings. The Balaban J connectivity index is 1.57. The van der Waals surface area contributed by atoms with Crippen molar-refractivity contribution in [3.63, 3.8) is 0 Å². The molecule has 0 radical (unpaired) electrons. The summed E-state index contributed by atoms with van der Waals surface area (Å²) in [6.07, 6.45) is 2.04. The van der Waals surface area contributed by atoms with Gasteiger partial charge in [-0.05, 0) is 49.6 Å². The predicted octanol–water partition coefficient (Wildman–Crippen LogP) is 3.52. The fourth-order valence-electron chi connectivity index (χ4n) is 2.61. The van der Waals surface area contributed by atoms with E-state index in [1.807, 2.05) is 31.2 Å². The highest BCUT2D eigenvalue weighted by Gasteiger charge is 2.25. The van der Waals surface area contributed by atoms with Gasteiger partial charge < -0.3 is 16.0 Å². The summed E-state index contributed by atoms with van der Waals surface area (Å²) in [5, 5.41) is 9.59. The lowest BCUT2D eigenvalue weighted by Crippen LogP contribution is -2.31. The first-order valence-corrected chi connectivity index (χ1v) is 9.09. The van der Waals surface area contributed by atoms with Crippen molar-refractivity contribution < 1.29 is 9.59 Å². The standard InChI is InChI=1S/C20H22ClN3O2/c1-13(14-5-4-6-15(21)11-14)22-12-19(25)24-18-8-3-2-7-17(18)20(26)23-16-9-10-16/h2-8,11,13,16,22H,9-10,12H2,1H3,(H,23,26)(H,24,25)/t13-/m1/s1. The van der Waals surface area contributed by atoms with E-state index in [4.69, 9.17) is 11.6 Å². The number of halogens is 1. The van der Waals surface area contributed by atoms with Crippen molar-refractivity contribution in [1.29, 1.82) is 0 Å². The van der Waals surface area contributed by atoms with E-state index in [9.17, 15) is 9.59 Å². The van der Waals surface area contributed by atoms with Crippen LogP contribution in [0, 0.1) is 0 Å². The Labute approximate surface area is 158 Å². The molecule has 3 rings (SSSR count). The van der Waals surface area contributed by atoms with E-state index >= 15 is 0 Å². The molecule has 3 N–H and O–H groups in total. The Morgan fingerprint density at radius 3 is 2.65 bits per heavy atom. The second-order valence-corrected chi connectivity index (χ2v) is 6.94. The molecule has 0 heterocycles. The second-order valence-electron chi connectivity index (χ2n) is 6.50. The molecule has 2 aromatic carbocycles. The van der Waals surface area contributed by atoms with E-state index in [1.54, 1.807) is 24.3 Å². The Morgan fingerprint density at radius 2 is 1.92 bits per heavy atom. The molecule has 1 atom stereocenters. The zero-order valence-electron chi connectivity index (χ0n) is 14.6. The smallest absolute Gasteiger partial charge is 0.253 e. The molecule has 136 valence electrons. The quantitative estimate of drug-likeness (QED) is 0.697. The van der Waals surface area contributed by atoms with Crippen LogP contribution in [0.25, 0.3) is 0 Å². The molecule has 6 heteroatoms. The fourth-order valence-corrected chi connectivity index (χ4v) is 2.81. The molecule has 0 bridgehead atoms. The number of carbonyl (C=O) groups is 2. The molecule has 5 nitrogen and oxygen atoms in total. The zero-order chi connectivity index (χ0) is 18.5. The van der Waals surface area contributed by atoms with Gasteiger partial charge in [0.25, 0.3) is 5.91 Å². The van der Waals surface area contributed by atoms with Crippen LogP contribution in [0.1, 0.15) is 41.7 Å². The average molecular weight is 372 g/mol. The van der Waals surface area contributed by atoms with Crippen LogP contribution in [-0.4, -0.2) is 24.4 Å². The average Bonchev–Trinajstić information content (AvgIpc) is 3.44. The van der Waals surface area contributed by atoms with Gasteiger partial charge >= 0.3 is 0 Å². The van der Waals surface area contributed by atoms with Crippen molar-refractivity contribution in [3.8, 4) is 0 Å². The largest absolute Gasteiger partial charge is 0.349 e. The topological polar surface area (TPSA) is 70.2 Å². The van der Waals surface area contributed by atoms with Gasteiger partial charge in [-0.25, -0.2) is 0 Å². The third kappa shape index (κ3) is 5.07. The number of anilines is 1. The Hall–Kier alpha value is -2.37. The summed E-state index contributed by atoms with van der Waals surface area (Å²) in [6.45, 7) is 2.10. The van der Waals surface area contributed by atoms with E-state index in [0.29, 0.717) is 16.3 Å². The first-order chi connectivity index (χ1) is 12.5. The predicted molar refractivity (Wildman–Crippen MR) is 103 cm³/mol. The number of hydrogen-bond acceptors (Lipinski definition) is 3. The van der Waals surface area contributed by atoms with Crippen molar-refractivity contribution in [2.75, 3.05) is 11.9 Å². The van der Waals surface area contributed by atoms with Gasteiger partial charge in [-0.1, -0.05) is 35.9 Å². The maximum Gasteiger partial charge on any atom is 0.253 e. The molecule has 0 unspecified atom stereocenters. The number of carbonyl (C=O) groups excluding carboxylic acids is 2.